The van der Waals surface area contributed by atoms with Crippen molar-refractivity contribution in [3.63, 3.8) is 0 Å². The number of rotatable bonds is 1. The van der Waals surface area contributed by atoms with Crippen molar-refractivity contribution in [2.24, 2.45) is 0 Å². The maximum absolute atomic E-state index is 10.7. The minimum Gasteiger partial charge on any atom is -0.477 e. The van der Waals surface area contributed by atoms with E-state index in [1.54, 1.807) is 18.5 Å². The first-order valence-corrected chi connectivity index (χ1v) is 4.61. The Morgan fingerprint density at radius 3 is 3.00 bits per heavy atom. The van der Waals surface area contributed by atoms with Gasteiger partial charge < -0.3 is 5.11 Å². The lowest BCUT2D eigenvalue weighted by Gasteiger charge is -2.00. The molecule has 0 saturated carbocycles. The van der Waals surface area contributed by atoms with Gasteiger partial charge >= 0.3 is 5.97 Å². The molecule has 2 aromatic rings. The summed E-state index contributed by atoms with van der Waals surface area (Å²) in [7, 11) is 0. The number of hydrogen-bond acceptors (Lipinski definition) is 3. The fraction of sp³-hybridized carbons (Fsp3) is 0. The molecule has 0 aliphatic rings. The Morgan fingerprint density at radius 2 is 2.29 bits per heavy atom. The molecular weight excluding hydrogens is 248 g/mol. The third-order valence-electron chi connectivity index (χ3n) is 1.78. The minimum atomic E-state index is -1.04. The second-order valence-electron chi connectivity index (χ2n) is 2.69. The Bertz CT molecular complexity index is 513. The molecule has 0 radical (unpaired) electrons. The second kappa shape index (κ2) is 3.34. The van der Waals surface area contributed by atoms with E-state index < -0.39 is 5.97 Å². The molecule has 0 unspecified atom stereocenters. The summed E-state index contributed by atoms with van der Waals surface area (Å²) in [5.41, 5.74) is 0.641. The zero-order valence-electron chi connectivity index (χ0n) is 6.94. The molecule has 0 aliphatic heterocycles. The van der Waals surface area contributed by atoms with Crippen molar-refractivity contribution in [1.29, 1.82) is 0 Å². The van der Waals surface area contributed by atoms with Gasteiger partial charge in [0.25, 0.3) is 0 Å². The molecule has 0 spiro atoms. The van der Waals surface area contributed by atoms with Crippen LogP contribution in [0.1, 0.15) is 10.5 Å². The van der Waals surface area contributed by atoms with Crippen LogP contribution in [0, 0.1) is 0 Å². The molecule has 0 aliphatic carbocycles. The quantitative estimate of drug-likeness (QED) is 0.845. The van der Waals surface area contributed by atoms with Crippen LogP contribution in [0.25, 0.3) is 10.9 Å². The van der Waals surface area contributed by atoms with Gasteiger partial charge in [0, 0.05) is 22.3 Å². The van der Waals surface area contributed by atoms with Gasteiger partial charge in [0.05, 0.1) is 5.52 Å². The van der Waals surface area contributed by atoms with E-state index >= 15 is 0 Å². The molecule has 70 valence electrons. The van der Waals surface area contributed by atoms with Crippen LogP contribution < -0.4 is 0 Å². The maximum Gasteiger partial charge on any atom is 0.354 e. The third-order valence-corrected chi connectivity index (χ3v) is 2.43. The van der Waals surface area contributed by atoms with E-state index in [1.165, 1.54) is 6.07 Å². The lowest BCUT2D eigenvalue weighted by Crippen LogP contribution is -2.00. The maximum atomic E-state index is 10.7. The molecule has 5 heteroatoms. The van der Waals surface area contributed by atoms with E-state index in [0.717, 1.165) is 5.39 Å². The van der Waals surface area contributed by atoms with E-state index in [-0.39, 0.29) is 5.69 Å². The number of fused-ring (bicyclic) bond motifs is 1. The summed E-state index contributed by atoms with van der Waals surface area (Å²) in [6, 6.07) is 3.14. The van der Waals surface area contributed by atoms with Gasteiger partial charge in [0.15, 0.2) is 0 Å². The molecule has 2 aromatic heterocycles. The number of carbonyl (C=O) groups is 1. The fourth-order valence-corrected chi connectivity index (χ4v) is 1.66. The lowest BCUT2D eigenvalue weighted by atomic mass is 10.2. The first kappa shape index (κ1) is 9.08. The van der Waals surface area contributed by atoms with E-state index in [1.807, 2.05) is 0 Å². The summed E-state index contributed by atoms with van der Waals surface area (Å²) < 4.78 is 0.688. The molecule has 2 heterocycles. The molecule has 0 saturated heterocycles. The van der Waals surface area contributed by atoms with Gasteiger partial charge in [-0.3, -0.25) is 4.98 Å². The Kier molecular flexibility index (Phi) is 2.17. The molecule has 0 fully saturated rings. The van der Waals surface area contributed by atoms with Gasteiger partial charge in [-0.1, -0.05) is 0 Å². The zero-order valence-corrected chi connectivity index (χ0v) is 8.52. The third kappa shape index (κ3) is 1.46. The normalized spacial score (nSPS) is 10.4. The first-order valence-electron chi connectivity index (χ1n) is 3.82. The average Bonchev–Trinajstić information content (AvgIpc) is 2.17. The summed E-state index contributed by atoms with van der Waals surface area (Å²) >= 11 is 3.27. The molecule has 4 nitrogen and oxygen atoms in total. The van der Waals surface area contributed by atoms with E-state index in [9.17, 15) is 4.79 Å². The van der Waals surface area contributed by atoms with Crippen LogP contribution >= 0.6 is 15.9 Å². The number of carboxylic acids is 1. The fourth-order valence-electron chi connectivity index (χ4n) is 1.14. The summed E-state index contributed by atoms with van der Waals surface area (Å²) in [4.78, 5) is 18.6. The lowest BCUT2D eigenvalue weighted by molar-refractivity contribution is 0.0691. The van der Waals surface area contributed by atoms with Crippen LogP contribution in [0.5, 0.6) is 0 Å². The SMILES string of the molecule is O=C(O)c1cc(Br)c2cnccc2n1. The predicted molar refractivity (Wildman–Crippen MR) is 54.2 cm³/mol. The van der Waals surface area contributed by atoms with Crippen molar-refractivity contribution in [2.45, 2.75) is 0 Å². The van der Waals surface area contributed by atoms with Gasteiger partial charge in [-0.05, 0) is 28.1 Å². The highest BCUT2D eigenvalue weighted by Crippen LogP contribution is 2.22. The summed E-state index contributed by atoms with van der Waals surface area (Å²) in [6.45, 7) is 0. The number of aromatic nitrogens is 2. The Labute approximate surface area is 87.7 Å². The summed E-state index contributed by atoms with van der Waals surface area (Å²) in [5.74, 6) is -1.04. The minimum absolute atomic E-state index is 0.0237. The van der Waals surface area contributed by atoms with Gasteiger partial charge in [0.2, 0.25) is 0 Å². The second-order valence-corrected chi connectivity index (χ2v) is 3.54. The number of pyridine rings is 2. The average molecular weight is 253 g/mol. The predicted octanol–water partition coefficient (Wildman–Crippen LogP) is 2.09. The molecule has 1 N–H and O–H groups in total. The van der Waals surface area contributed by atoms with Gasteiger partial charge in [-0.15, -0.1) is 0 Å². The number of aromatic carboxylic acids is 1. The van der Waals surface area contributed by atoms with Crippen LogP contribution in [0.2, 0.25) is 0 Å². The van der Waals surface area contributed by atoms with Crippen molar-refractivity contribution in [3.8, 4) is 0 Å². The Morgan fingerprint density at radius 1 is 1.50 bits per heavy atom. The summed E-state index contributed by atoms with van der Waals surface area (Å²) in [5, 5.41) is 9.57. The molecule has 2 rings (SSSR count). The van der Waals surface area contributed by atoms with Crippen molar-refractivity contribution >= 4 is 32.8 Å². The number of nitrogens with zero attached hydrogens (tertiary/aromatic N) is 2. The highest BCUT2D eigenvalue weighted by Gasteiger charge is 2.08. The molecule has 0 atom stereocenters. The van der Waals surface area contributed by atoms with Crippen molar-refractivity contribution in [3.05, 3.63) is 34.7 Å². The van der Waals surface area contributed by atoms with Crippen LogP contribution in [-0.4, -0.2) is 21.0 Å². The number of hydrogen-bond donors (Lipinski definition) is 1. The highest BCUT2D eigenvalue weighted by molar-refractivity contribution is 9.10. The topological polar surface area (TPSA) is 63.1 Å². The monoisotopic (exact) mass is 252 g/mol. The van der Waals surface area contributed by atoms with E-state index in [4.69, 9.17) is 5.11 Å². The van der Waals surface area contributed by atoms with Gasteiger partial charge in [0.1, 0.15) is 5.69 Å². The smallest absolute Gasteiger partial charge is 0.354 e. The van der Waals surface area contributed by atoms with E-state index in [0.29, 0.717) is 9.99 Å². The van der Waals surface area contributed by atoms with Crippen LogP contribution in [0.4, 0.5) is 0 Å². The molecule has 14 heavy (non-hydrogen) atoms. The van der Waals surface area contributed by atoms with Gasteiger partial charge in [-0.25, -0.2) is 9.78 Å². The molecular formula is C9H5BrN2O2. The molecule has 0 aromatic carbocycles. The van der Waals surface area contributed by atoms with Gasteiger partial charge in [-0.2, -0.15) is 0 Å². The summed E-state index contributed by atoms with van der Waals surface area (Å²) in [6.07, 6.45) is 3.21. The Hall–Kier alpha value is -1.49. The molecule has 0 amide bonds. The highest BCUT2D eigenvalue weighted by atomic mass is 79.9. The standard InChI is InChI=1S/C9H5BrN2O2/c10-6-3-8(9(13)14)12-7-1-2-11-4-5(6)7/h1-4H,(H,13,14). The van der Waals surface area contributed by atoms with Crippen molar-refractivity contribution < 1.29 is 9.90 Å². The Balaban J connectivity index is 2.78. The zero-order chi connectivity index (χ0) is 10.1. The van der Waals surface area contributed by atoms with Crippen molar-refractivity contribution in [2.75, 3.05) is 0 Å². The largest absolute Gasteiger partial charge is 0.477 e. The first-order chi connectivity index (χ1) is 6.68. The van der Waals surface area contributed by atoms with Crippen LogP contribution in [0.15, 0.2) is 29.0 Å². The number of halogens is 1. The number of carboxylic acid groups (broad SMARTS) is 1. The van der Waals surface area contributed by atoms with Crippen molar-refractivity contribution in [1.82, 2.24) is 9.97 Å². The van der Waals surface area contributed by atoms with Crippen LogP contribution in [-0.2, 0) is 0 Å². The van der Waals surface area contributed by atoms with Crippen LogP contribution in [0.3, 0.4) is 0 Å². The van der Waals surface area contributed by atoms with E-state index in [2.05, 4.69) is 25.9 Å². The molecule has 0 bridgehead atoms.